The first-order valence-corrected chi connectivity index (χ1v) is 22.7. The van der Waals surface area contributed by atoms with Crippen LogP contribution in [0.5, 0.6) is 0 Å². The number of rotatable bonds is 5. The quantitative estimate of drug-likeness (QED) is 0.162. The first kappa shape index (κ1) is 37.7. The minimum absolute atomic E-state index is 0.446. The first-order valence-electron chi connectivity index (χ1n) is 22.7. The highest BCUT2D eigenvalue weighted by Gasteiger charge is 2.24. The third-order valence-corrected chi connectivity index (χ3v) is 13.9. The van der Waals surface area contributed by atoms with Gasteiger partial charge in [0, 0.05) is 77.2 Å². The summed E-state index contributed by atoms with van der Waals surface area (Å²) < 4.78 is 13.7. The molecule has 4 heterocycles. The fourth-order valence-electron chi connectivity index (χ4n) is 11.0. The lowest BCUT2D eigenvalue weighted by Gasteiger charge is -2.18. The molecule has 0 radical (unpaired) electrons. The zero-order valence-corrected chi connectivity index (χ0v) is 36.4. The molecule has 0 amide bonds. The van der Waals surface area contributed by atoms with Crippen molar-refractivity contribution >= 4 is 93.0 Å². The van der Waals surface area contributed by atoms with Crippen LogP contribution in [0.15, 0.2) is 217 Å². The van der Waals surface area contributed by atoms with E-state index in [1.54, 1.807) is 18.2 Å². The summed E-state index contributed by atoms with van der Waals surface area (Å²) in [4.78, 5) is 3.86. The predicted molar refractivity (Wildman–Crippen MR) is 279 cm³/mol. The monoisotopic (exact) mass is 865 g/mol. The number of furan rings is 1. The maximum Gasteiger partial charge on any atom is 0.196 e. The largest absolute Gasteiger partial charge is 0.456 e. The molecule has 0 bridgehead atoms. The molecule has 0 N–H and O–H groups in total. The summed E-state index contributed by atoms with van der Waals surface area (Å²) in [6.45, 7) is 8.05. The first-order chi connectivity index (χ1) is 33.7. The van der Waals surface area contributed by atoms with Crippen LogP contribution in [-0.4, -0.2) is 13.7 Å². The van der Waals surface area contributed by atoms with Crippen molar-refractivity contribution in [3.63, 3.8) is 0 Å². The second kappa shape index (κ2) is 14.4. The van der Waals surface area contributed by atoms with Gasteiger partial charge in [0.15, 0.2) is 5.69 Å². The highest BCUT2D eigenvalue weighted by Crippen LogP contribution is 2.46. The number of fused-ring (bicyclic) bond motifs is 13. The van der Waals surface area contributed by atoms with E-state index >= 15 is 0 Å². The van der Waals surface area contributed by atoms with Gasteiger partial charge in [0.25, 0.3) is 0 Å². The van der Waals surface area contributed by atoms with Gasteiger partial charge < -0.3 is 18.1 Å². The third-order valence-electron chi connectivity index (χ3n) is 13.9. The zero-order valence-electron chi connectivity index (χ0n) is 36.4. The molecule has 14 rings (SSSR count). The molecule has 0 aliphatic heterocycles. The van der Waals surface area contributed by atoms with E-state index in [0.29, 0.717) is 16.8 Å². The van der Waals surface area contributed by atoms with Crippen LogP contribution in [-0.2, 0) is 0 Å². The van der Waals surface area contributed by atoms with Crippen molar-refractivity contribution in [1.29, 1.82) is 5.26 Å². The number of aromatic nitrogens is 3. The van der Waals surface area contributed by atoms with Crippen LogP contribution in [0.25, 0.3) is 132 Å². The van der Waals surface area contributed by atoms with Gasteiger partial charge >= 0.3 is 0 Å². The minimum atomic E-state index is 0.446. The Hall–Kier alpha value is -9.62. The van der Waals surface area contributed by atoms with Gasteiger partial charge in [0.1, 0.15) is 11.2 Å². The van der Waals surface area contributed by atoms with Gasteiger partial charge in [-0.25, -0.2) is 4.85 Å². The SMILES string of the molecule is [C-]#[N+]c1cccc(C#N)c1-c1cccc(-c2ccc(-n3c4ccccc4c4cc5c(cc43)oc3ccccc35)cc2-n2c3ccccc3c3c2ccc2c4ccccc4n(-c4ccccc4)c23)c1. The van der Waals surface area contributed by atoms with Crippen molar-refractivity contribution < 1.29 is 4.42 Å². The Labute approximate surface area is 389 Å². The third kappa shape index (κ3) is 5.31. The molecule has 314 valence electrons. The Morgan fingerprint density at radius 3 is 1.90 bits per heavy atom. The van der Waals surface area contributed by atoms with Crippen LogP contribution in [0.1, 0.15) is 5.56 Å². The summed E-state index contributed by atoms with van der Waals surface area (Å²) in [6, 6.07) is 76.8. The maximum absolute atomic E-state index is 10.3. The summed E-state index contributed by atoms with van der Waals surface area (Å²) in [6.07, 6.45) is 0. The average Bonchev–Trinajstić information content (AvgIpc) is 4.14. The molecule has 6 nitrogen and oxygen atoms in total. The fraction of sp³-hybridized carbons (Fsp3) is 0. The Bertz CT molecular complexity index is 4500. The smallest absolute Gasteiger partial charge is 0.196 e. The molecular formula is C62H35N5O. The Kier molecular flexibility index (Phi) is 8.01. The van der Waals surface area contributed by atoms with Gasteiger partial charge in [0.05, 0.1) is 51.4 Å². The second-order valence-corrected chi connectivity index (χ2v) is 17.4. The van der Waals surface area contributed by atoms with Crippen LogP contribution >= 0.6 is 0 Å². The van der Waals surface area contributed by atoms with Gasteiger partial charge in [-0.15, -0.1) is 0 Å². The summed E-state index contributed by atoms with van der Waals surface area (Å²) in [7, 11) is 0. The van der Waals surface area contributed by atoms with Crippen LogP contribution < -0.4 is 0 Å². The van der Waals surface area contributed by atoms with E-state index in [2.05, 4.69) is 194 Å². The van der Waals surface area contributed by atoms with E-state index < -0.39 is 0 Å². The van der Waals surface area contributed by atoms with Crippen molar-refractivity contribution in [2.75, 3.05) is 0 Å². The van der Waals surface area contributed by atoms with E-state index in [0.717, 1.165) is 110 Å². The van der Waals surface area contributed by atoms with Gasteiger partial charge in [0.2, 0.25) is 0 Å². The van der Waals surface area contributed by atoms with Crippen molar-refractivity contribution in [3.05, 3.63) is 229 Å². The van der Waals surface area contributed by atoms with Gasteiger partial charge in [-0.05, 0) is 83.9 Å². The van der Waals surface area contributed by atoms with E-state index in [4.69, 9.17) is 11.0 Å². The topological polar surface area (TPSA) is 56.1 Å². The van der Waals surface area contributed by atoms with Crippen LogP contribution in [0, 0.1) is 17.9 Å². The fourth-order valence-corrected chi connectivity index (χ4v) is 11.0. The summed E-state index contributed by atoms with van der Waals surface area (Å²) >= 11 is 0. The van der Waals surface area contributed by atoms with E-state index in [-0.39, 0.29) is 0 Å². The molecule has 0 saturated heterocycles. The standard InChI is InChI=1S/C62H35N5O/c1-64-51-24-14-17-40(37-63)60(51)39-16-13-15-38(33-39)43-30-29-42(65-52-25-9-6-21-45(52)49-35-50-46-22-8-12-28-58(46)68-59(50)36-57(49)65)34-56(43)67-54-27-11-7-23-48(54)61-55(67)32-31-47-44-20-5-10-26-53(44)66(62(47)61)41-18-3-2-4-19-41/h2-36H. The molecule has 0 aliphatic carbocycles. The zero-order chi connectivity index (χ0) is 45.0. The Balaban J connectivity index is 1.11. The number of hydrogen-bond donors (Lipinski definition) is 0. The molecule has 0 spiro atoms. The summed E-state index contributed by atoms with van der Waals surface area (Å²) in [5.74, 6) is 0. The van der Waals surface area contributed by atoms with Gasteiger partial charge in [-0.1, -0.05) is 133 Å². The predicted octanol–water partition coefficient (Wildman–Crippen LogP) is 16.6. The molecule has 14 aromatic rings. The van der Waals surface area contributed by atoms with Crippen molar-refractivity contribution in [3.8, 4) is 45.4 Å². The lowest BCUT2D eigenvalue weighted by molar-refractivity contribution is 0.669. The lowest BCUT2D eigenvalue weighted by atomic mass is 9.94. The Morgan fingerprint density at radius 2 is 1.10 bits per heavy atom. The molecule has 6 heteroatoms. The molecule has 0 atom stereocenters. The van der Waals surface area contributed by atoms with Gasteiger partial charge in [-0.3, -0.25) is 0 Å². The normalized spacial score (nSPS) is 11.8. The highest BCUT2D eigenvalue weighted by atomic mass is 16.3. The number of nitriles is 1. The number of hydrogen-bond acceptors (Lipinski definition) is 2. The Morgan fingerprint density at radius 1 is 0.426 bits per heavy atom. The van der Waals surface area contributed by atoms with Crippen molar-refractivity contribution in [2.24, 2.45) is 0 Å². The van der Waals surface area contributed by atoms with E-state index in [9.17, 15) is 5.26 Å². The average molecular weight is 866 g/mol. The lowest BCUT2D eigenvalue weighted by Crippen LogP contribution is -2.01. The molecule has 0 fully saturated rings. The minimum Gasteiger partial charge on any atom is -0.456 e. The van der Waals surface area contributed by atoms with Crippen molar-refractivity contribution in [1.82, 2.24) is 13.7 Å². The van der Waals surface area contributed by atoms with Crippen LogP contribution in [0.2, 0.25) is 0 Å². The second-order valence-electron chi connectivity index (χ2n) is 17.4. The number of nitrogens with zero attached hydrogens (tertiary/aromatic N) is 5. The molecule has 0 unspecified atom stereocenters. The van der Waals surface area contributed by atoms with E-state index in [1.807, 2.05) is 24.3 Å². The van der Waals surface area contributed by atoms with E-state index in [1.165, 1.54) is 10.8 Å². The molecule has 0 saturated carbocycles. The summed E-state index contributed by atoms with van der Waals surface area (Å²) in [5, 5.41) is 19.5. The van der Waals surface area contributed by atoms with Crippen LogP contribution in [0.4, 0.5) is 5.69 Å². The number of benzene rings is 10. The highest BCUT2D eigenvalue weighted by molar-refractivity contribution is 6.26. The number of para-hydroxylation sites is 5. The molecule has 68 heavy (non-hydrogen) atoms. The molecular weight excluding hydrogens is 831 g/mol. The summed E-state index contributed by atoms with van der Waals surface area (Å²) in [5.41, 5.74) is 15.7. The van der Waals surface area contributed by atoms with Gasteiger partial charge in [-0.2, -0.15) is 5.26 Å². The van der Waals surface area contributed by atoms with Crippen LogP contribution in [0.3, 0.4) is 0 Å². The molecule has 4 aromatic heterocycles. The van der Waals surface area contributed by atoms with Crippen molar-refractivity contribution in [2.45, 2.75) is 0 Å². The molecule has 0 aliphatic rings. The molecule has 10 aromatic carbocycles. The maximum atomic E-state index is 10.3.